The molecule has 3 aromatic rings. The summed E-state index contributed by atoms with van der Waals surface area (Å²) in [7, 11) is 0. The van der Waals surface area contributed by atoms with Gasteiger partial charge in [-0.15, -0.1) is 0 Å². The van der Waals surface area contributed by atoms with Gasteiger partial charge in [-0.25, -0.2) is 0 Å². The third-order valence-electron chi connectivity index (χ3n) is 9.49. The predicted octanol–water partition coefficient (Wildman–Crippen LogP) is 7.94. The number of anilines is 1. The van der Waals surface area contributed by atoms with E-state index >= 15 is 0 Å². The molecule has 2 aliphatic carbocycles. The molecule has 6 nitrogen and oxygen atoms in total. The molecule has 238 valence electrons. The lowest BCUT2D eigenvalue weighted by Gasteiger charge is -2.49. The van der Waals surface area contributed by atoms with Crippen LogP contribution < -0.4 is 10.1 Å². The predicted molar refractivity (Wildman–Crippen MR) is 181 cm³/mol. The number of allylic oxidation sites excluding steroid dienone is 4. The molecule has 0 bridgehead atoms. The molecular formula is C40H44N2O4. The molecule has 3 aliphatic rings. The van der Waals surface area contributed by atoms with Crippen molar-refractivity contribution in [1.82, 2.24) is 4.90 Å². The maximum Gasteiger partial charge on any atom is 0.262 e. The zero-order valence-electron chi connectivity index (χ0n) is 27.6. The first-order valence-corrected chi connectivity index (χ1v) is 16.3. The van der Waals surface area contributed by atoms with Crippen LogP contribution in [0.15, 0.2) is 101 Å². The fourth-order valence-electron chi connectivity index (χ4n) is 7.34. The molecule has 6 heteroatoms. The van der Waals surface area contributed by atoms with Crippen LogP contribution in [0.25, 0.3) is 0 Å². The second kappa shape index (κ2) is 12.4. The Hall–Kier alpha value is -4.45. The molecule has 0 saturated carbocycles. The minimum Gasteiger partial charge on any atom is -0.484 e. The number of nitrogens with zero attached hydrogens (tertiary/aromatic N) is 1. The summed E-state index contributed by atoms with van der Waals surface area (Å²) < 4.78 is 5.85. The van der Waals surface area contributed by atoms with Gasteiger partial charge in [-0.2, -0.15) is 0 Å². The van der Waals surface area contributed by atoms with Crippen molar-refractivity contribution in [3.05, 3.63) is 118 Å². The number of carbonyl (C=O) groups excluding carboxylic acids is 3. The second-order valence-corrected chi connectivity index (χ2v) is 14.6. The van der Waals surface area contributed by atoms with E-state index in [9.17, 15) is 14.4 Å². The Bertz CT molecular complexity index is 1680. The molecule has 1 heterocycles. The lowest BCUT2D eigenvalue weighted by molar-refractivity contribution is -0.120. The van der Waals surface area contributed by atoms with Gasteiger partial charge in [0.15, 0.2) is 18.2 Å². The Morgan fingerprint density at radius 1 is 0.783 bits per heavy atom. The summed E-state index contributed by atoms with van der Waals surface area (Å²) in [6, 6.07) is 25.6. The number of amides is 1. The van der Waals surface area contributed by atoms with Crippen molar-refractivity contribution in [2.45, 2.75) is 72.6 Å². The van der Waals surface area contributed by atoms with Gasteiger partial charge in [-0.3, -0.25) is 14.4 Å². The van der Waals surface area contributed by atoms with Crippen LogP contribution in [0.5, 0.6) is 5.75 Å². The van der Waals surface area contributed by atoms with Crippen LogP contribution in [0.3, 0.4) is 0 Å². The van der Waals surface area contributed by atoms with Crippen LogP contribution in [0, 0.1) is 17.8 Å². The van der Waals surface area contributed by atoms with Gasteiger partial charge >= 0.3 is 0 Å². The third-order valence-corrected chi connectivity index (χ3v) is 9.49. The molecule has 0 spiro atoms. The highest BCUT2D eigenvalue weighted by Gasteiger charge is 2.48. The highest BCUT2D eigenvalue weighted by atomic mass is 16.5. The number of aryl methyl sites for hydroxylation is 1. The van der Waals surface area contributed by atoms with Gasteiger partial charge in [0.2, 0.25) is 0 Å². The van der Waals surface area contributed by atoms with Crippen LogP contribution in [0.2, 0.25) is 0 Å². The summed E-state index contributed by atoms with van der Waals surface area (Å²) in [5.74, 6) is 0.150. The zero-order chi connectivity index (χ0) is 32.6. The number of carbonyl (C=O) groups is 3. The highest BCUT2D eigenvalue weighted by Crippen LogP contribution is 2.54. The normalized spacial score (nSPS) is 19.1. The first-order valence-electron chi connectivity index (χ1n) is 16.3. The Kier molecular flexibility index (Phi) is 8.49. The summed E-state index contributed by atoms with van der Waals surface area (Å²) in [5, 5.41) is 2.90. The molecule has 0 unspecified atom stereocenters. The highest BCUT2D eigenvalue weighted by molar-refractivity contribution is 6.06. The van der Waals surface area contributed by atoms with Gasteiger partial charge in [0.05, 0.1) is 0 Å². The van der Waals surface area contributed by atoms with E-state index in [2.05, 4.69) is 62.2 Å². The molecule has 46 heavy (non-hydrogen) atoms. The van der Waals surface area contributed by atoms with Crippen LogP contribution in [0.4, 0.5) is 5.69 Å². The van der Waals surface area contributed by atoms with Crippen molar-refractivity contribution in [3.63, 3.8) is 0 Å². The molecule has 1 amide bonds. The molecule has 6 rings (SSSR count). The van der Waals surface area contributed by atoms with E-state index in [1.807, 2.05) is 61.5 Å². The van der Waals surface area contributed by atoms with E-state index < -0.39 is 5.92 Å². The van der Waals surface area contributed by atoms with Gasteiger partial charge in [0.25, 0.3) is 5.91 Å². The van der Waals surface area contributed by atoms with Crippen LogP contribution in [-0.2, 0) is 20.8 Å². The lowest BCUT2D eigenvalue weighted by Crippen LogP contribution is -2.45. The second-order valence-electron chi connectivity index (χ2n) is 14.6. The van der Waals surface area contributed by atoms with Crippen molar-refractivity contribution in [1.29, 1.82) is 0 Å². The lowest BCUT2D eigenvalue weighted by atomic mass is 9.63. The summed E-state index contributed by atoms with van der Waals surface area (Å²) in [4.78, 5) is 43.1. The average Bonchev–Trinajstić information content (AvgIpc) is 2.99. The maximum atomic E-state index is 14.1. The number of rotatable bonds is 8. The molecule has 0 fully saturated rings. The molecule has 1 aliphatic heterocycles. The van der Waals surface area contributed by atoms with E-state index in [0.717, 1.165) is 65.2 Å². The maximum absolute atomic E-state index is 14.1. The largest absolute Gasteiger partial charge is 0.484 e. The zero-order valence-corrected chi connectivity index (χ0v) is 27.6. The Labute approximate surface area is 272 Å². The van der Waals surface area contributed by atoms with E-state index in [-0.39, 0.29) is 34.9 Å². The fourth-order valence-corrected chi connectivity index (χ4v) is 7.34. The van der Waals surface area contributed by atoms with E-state index in [0.29, 0.717) is 18.6 Å². The Morgan fingerprint density at radius 2 is 1.35 bits per heavy atom. The number of nitrogens with one attached hydrogen (secondary N) is 1. The summed E-state index contributed by atoms with van der Waals surface area (Å²) in [6.45, 7) is 11.2. The van der Waals surface area contributed by atoms with Crippen molar-refractivity contribution in [2.75, 3.05) is 18.5 Å². The van der Waals surface area contributed by atoms with Crippen LogP contribution in [-0.4, -0.2) is 35.5 Å². The van der Waals surface area contributed by atoms with Crippen molar-refractivity contribution in [2.24, 2.45) is 10.8 Å². The molecule has 0 aromatic heterocycles. The first kappa shape index (κ1) is 31.5. The van der Waals surface area contributed by atoms with Gasteiger partial charge < -0.3 is 15.0 Å². The van der Waals surface area contributed by atoms with E-state index in [1.165, 1.54) is 5.56 Å². The van der Waals surface area contributed by atoms with Gasteiger partial charge in [-0.05, 0) is 71.9 Å². The minimum atomic E-state index is -0.413. The topological polar surface area (TPSA) is 75.7 Å². The van der Waals surface area contributed by atoms with E-state index in [1.54, 1.807) is 0 Å². The molecule has 0 saturated heterocycles. The molecule has 0 radical (unpaired) electrons. The van der Waals surface area contributed by atoms with Crippen LogP contribution >= 0.6 is 0 Å². The summed E-state index contributed by atoms with van der Waals surface area (Å²) >= 11 is 0. The number of benzene rings is 3. The molecule has 3 aromatic carbocycles. The summed E-state index contributed by atoms with van der Waals surface area (Å²) in [6.07, 6.45) is 3.29. The van der Waals surface area contributed by atoms with Crippen molar-refractivity contribution < 1.29 is 19.1 Å². The van der Waals surface area contributed by atoms with Gasteiger partial charge in [-0.1, -0.05) is 88.4 Å². The van der Waals surface area contributed by atoms with Crippen LogP contribution in [0.1, 0.15) is 76.0 Å². The number of Topliss-reactive ketones (excluding diaryl/α,β-unsaturated/α-hetero) is 2. The fraction of sp³-hybridized carbons (Fsp3) is 0.375. The number of hydrogen-bond donors (Lipinski definition) is 1. The Morgan fingerprint density at radius 3 is 1.93 bits per heavy atom. The molecular weight excluding hydrogens is 572 g/mol. The van der Waals surface area contributed by atoms with E-state index in [4.69, 9.17) is 4.74 Å². The quantitative estimate of drug-likeness (QED) is 0.278. The Balaban J connectivity index is 1.33. The monoisotopic (exact) mass is 616 g/mol. The third kappa shape index (κ3) is 6.57. The van der Waals surface area contributed by atoms with Gasteiger partial charge in [0.1, 0.15) is 5.75 Å². The molecule has 0 atom stereocenters. The van der Waals surface area contributed by atoms with Gasteiger partial charge in [0, 0.05) is 53.5 Å². The summed E-state index contributed by atoms with van der Waals surface area (Å²) in [5.41, 5.74) is 7.21. The number of para-hydroxylation sites is 1. The van der Waals surface area contributed by atoms with Crippen molar-refractivity contribution in [3.8, 4) is 5.75 Å². The first-order chi connectivity index (χ1) is 21.9. The number of ether oxygens (including phenoxy) is 1. The average molecular weight is 617 g/mol. The smallest absolute Gasteiger partial charge is 0.262 e. The number of hydrogen-bond acceptors (Lipinski definition) is 5. The minimum absolute atomic E-state index is 0.123. The standard InChI is InChI=1S/C40H44N2O4/c1-26-11-9-10-14-30(26)41-35(45)25-46-29-17-15-28(16-18-29)36-37-31(21-39(2,3)23-33(37)43)42(20-19-27-12-7-6-8-13-27)32-22-40(4,5)24-34(44)38(32)36/h6-18,36H,19-25H2,1-5H3,(H,41,45). The molecule has 1 N–H and O–H groups in total. The van der Waals surface area contributed by atoms with Crippen molar-refractivity contribution >= 4 is 23.2 Å². The number of ketones is 2. The SMILES string of the molecule is Cc1ccccc1NC(=O)COc1ccc(C2C3=C(CC(C)(C)CC3=O)N(CCc3ccccc3)C3=C2C(=O)CC(C)(C)C3)cc1.